The van der Waals surface area contributed by atoms with E-state index in [-0.39, 0.29) is 5.56 Å². The smallest absolute Gasteiger partial charge is 0.334 e. The second kappa shape index (κ2) is 5.93. The molecule has 1 amide bonds. The molecule has 112 valence electrons. The Hall–Kier alpha value is -1.75. The highest BCUT2D eigenvalue weighted by molar-refractivity contribution is 7.99. The molecule has 2 heterocycles. The summed E-state index contributed by atoms with van der Waals surface area (Å²) in [6.45, 7) is 0. The van der Waals surface area contributed by atoms with Crippen LogP contribution in [0.3, 0.4) is 0 Å². The number of nitriles is 1. The average Bonchev–Trinajstić information content (AvgIpc) is 2.47. The Balaban J connectivity index is 2.11. The standard InChI is InChI=1S/C13H12F3N3OS/c14-13(15,16)10-2-1-9(7-18-10)11(20)19-12(8-17)3-5-21-6-4-12/h1-2,7H,3-6H2,(H,19,20). The number of rotatable bonds is 2. The Bertz CT molecular complexity index is 560. The van der Waals surface area contributed by atoms with Crippen LogP contribution in [0.4, 0.5) is 13.2 Å². The summed E-state index contributed by atoms with van der Waals surface area (Å²) < 4.78 is 37.2. The molecule has 0 bridgehead atoms. The molecule has 0 unspecified atom stereocenters. The second-order valence-electron chi connectivity index (χ2n) is 4.69. The number of alkyl halides is 3. The quantitative estimate of drug-likeness (QED) is 0.911. The number of nitrogens with one attached hydrogen (secondary N) is 1. The Morgan fingerprint density at radius 1 is 1.38 bits per heavy atom. The number of carbonyl (C=O) groups is 1. The number of hydrogen-bond acceptors (Lipinski definition) is 4. The van der Waals surface area contributed by atoms with E-state index in [2.05, 4.69) is 16.4 Å². The molecule has 0 aliphatic carbocycles. The van der Waals surface area contributed by atoms with E-state index in [4.69, 9.17) is 0 Å². The normalized spacial score (nSPS) is 17.8. The van der Waals surface area contributed by atoms with Crippen LogP contribution in [-0.4, -0.2) is 27.9 Å². The van der Waals surface area contributed by atoms with E-state index in [1.807, 2.05) is 0 Å². The number of aromatic nitrogens is 1. The van der Waals surface area contributed by atoms with E-state index in [0.29, 0.717) is 12.8 Å². The van der Waals surface area contributed by atoms with Gasteiger partial charge in [0.15, 0.2) is 0 Å². The van der Waals surface area contributed by atoms with Crippen molar-refractivity contribution in [2.45, 2.75) is 24.6 Å². The number of halogens is 3. The van der Waals surface area contributed by atoms with Crippen molar-refractivity contribution in [1.82, 2.24) is 10.3 Å². The van der Waals surface area contributed by atoms with Crippen molar-refractivity contribution in [2.75, 3.05) is 11.5 Å². The predicted molar refractivity (Wildman–Crippen MR) is 71.6 cm³/mol. The first-order valence-electron chi connectivity index (χ1n) is 6.21. The molecule has 8 heteroatoms. The topological polar surface area (TPSA) is 65.8 Å². The van der Waals surface area contributed by atoms with Crippen molar-refractivity contribution < 1.29 is 18.0 Å². The first-order chi connectivity index (χ1) is 9.86. The lowest BCUT2D eigenvalue weighted by Crippen LogP contribution is -2.49. The van der Waals surface area contributed by atoms with E-state index >= 15 is 0 Å². The van der Waals surface area contributed by atoms with Gasteiger partial charge in [-0.15, -0.1) is 0 Å². The minimum atomic E-state index is -4.54. The van der Waals surface area contributed by atoms with Crippen LogP contribution in [0, 0.1) is 11.3 Å². The molecule has 0 spiro atoms. The molecular formula is C13H12F3N3OS. The number of thioether (sulfide) groups is 1. The highest BCUT2D eigenvalue weighted by Crippen LogP contribution is 2.28. The molecule has 0 saturated carbocycles. The second-order valence-corrected chi connectivity index (χ2v) is 5.92. The zero-order valence-corrected chi connectivity index (χ0v) is 11.7. The van der Waals surface area contributed by atoms with Crippen molar-refractivity contribution in [3.8, 4) is 6.07 Å². The molecule has 0 radical (unpaired) electrons. The van der Waals surface area contributed by atoms with E-state index < -0.39 is 23.3 Å². The van der Waals surface area contributed by atoms with Crippen LogP contribution in [0.5, 0.6) is 0 Å². The largest absolute Gasteiger partial charge is 0.433 e. The van der Waals surface area contributed by atoms with Crippen LogP contribution in [0.1, 0.15) is 28.9 Å². The Labute approximate surface area is 123 Å². The summed E-state index contributed by atoms with van der Waals surface area (Å²) in [6.07, 6.45) is -2.62. The van der Waals surface area contributed by atoms with Gasteiger partial charge in [0.1, 0.15) is 11.2 Å². The average molecular weight is 315 g/mol. The third-order valence-electron chi connectivity index (χ3n) is 3.23. The minimum absolute atomic E-state index is 0.0100. The molecule has 1 saturated heterocycles. The first kappa shape index (κ1) is 15.6. The Kier molecular flexibility index (Phi) is 4.42. The Morgan fingerprint density at radius 3 is 2.52 bits per heavy atom. The predicted octanol–water partition coefficient (Wildman–Crippen LogP) is 2.62. The van der Waals surface area contributed by atoms with Crippen molar-refractivity contribution in [2.24, 2.45) is 0 Å². The van der Waals surface area contributed by atoms with E-state index in [1.165, 1.54) is 0 Å². The molecule has 1 aliphatic rings. The lowest BCUT2D eigenvalue weighted by molar-refractivity contribution is -0.141. The molecule has 1 aromatic heterocycles. The molecule has 0 aromatic carbocycles. The van der Waals surface area contributed by atoms with Crippen molar-refractivity contribution >= 4 is 17.7 Å². The highest BCUT2D eigenvalue weighted by Gasteiger charge is 2.35. The van der Waals surface area contributed by atoms with Crippen LogP contribution in [0.15, 0.2) is 18.3 Å². The van der Waals surface area contributed by atoms with Gasteiger partial charge in [0.05, 0.1) is 11.6 Å². The molecule has 21 heavy (non-hydrogen) atoms. The van der Waals surface area contributed by atoms with Crippen LogP contribution in [-0.2, 0) is 6.18 Å². The van der Waals surface area contributed by atoms with Gasteiger partial charge in [-0.05, 0) is 36.5 Å². The van der Waals surface area contributed by atoms with Crippen molar-refractivity contribution in [1.29, 1.82) is 5.26 Å². The number of hydrogen-bond donors (Lipinski definition) is 1. The third-order valence-corrected chi connectivity index (χ3v) is 4.21. The monoisotopic (exact) mass is 315 g/mol. The fraction of sp³-hybridized carbons (Fsp3) is 0.462. The van der Waals surface area contributed by atoms with E-state index in [1.54, 1.807) is 11.8 Å². The summed E-state index contributed by atoms with van der Waals surface area (Å²) in [5, 5.41) is 11.9. The first-order valence-corrected chi connectivity index (χ1v) is 7.36. The number of nitrogens with zero attached hydrogens (tertiary/aromatic N) is 2. The third kappa shape index (κ3) is 3.67. The SMILES string of the molecule is N#CC1(NC(=O)c2ccc(C(F)(F)F)nc2)CCSCC1. The number of pyridine rings is 1. The fourth-order valence-corrected chi connectivity index (χ4v) is 3.16. The van der Waals surface area contributed by atoms with E-state index in [9.17, 15) is 23.2 Å². The van der Waals surface area contributed by atoms with E-state index in [0.717, 1.165) is 29.8 Å². The summed E-state index contributed by atoms with van der Waals surface area (Å²) in [7, 11) is 0. The zero-order chi connectivity index (χ0) is 15.5. The number of carbonyl (C=O) groups excluding carboxylic acids is 1. The van der Waals surface area contributed by atoms with Crippen molar-refractivity contribution in [3.05, 3.63) is 29.6 Å². The fourth-order valence-electron chi connectivity index (χ4n) is 1.97. The summed E-state index contributed by atoms with van der Waals surface area (Å²) in [5.74, 6) is 0.947. The molecule has 4 nitrogen and oxygen atoms in total. The minimum Gasteiger partial charge on any atom is -0.334 e. The van der Waals surface area contributed by atoms with Crippen LogP contribution in [0.2, 0.25) is 0 Å². The summed E-state index contributed by atoms with van der Waals surface area (Å²) >= 11 is 1.70. The molecule has 1 aliphatic heterocycles. The number of amides is 1. The molecular weight excluding hydrogens is 303 g/mol. The van der Waals surface area contributed by atoms with Gasteiger partial charge in [-0.2, -0.15) is 30.2 Å². The molecule has 0 atom stereocenters. The van der Waals surface area contributed by atoms with Gasteiger partial charge < -0.3 is 5.32 Å². The van der Waals surface area contributed by atoms with Gasteiger partial charge in [-0.25, -0.2) is 0 Å². The maximum Gasteiger partial charge on any atom is 0.433 e. The summed E-state index contributed by atoms with van der Waals surface area (Å²) in [6, 6.07) is 3.93. The molecule has 1 fully saturated rings. The lowest BCUT2D eigenvalue weighted by atomic mass is 9.93. The van der Waals surface area contributed by atoms with Gasteiger partial charge in [0.2, 0.25) is 0 Å². The van der Waals surface area contributed by atoms with Crippen molar-refractivity contribution in [3.63, 3.8) is 0 Å². The van der Waals surface area contributed by atoms with Gasteiger partial charge >= 0.3 is 6.18 Å². The van der Waals surface area contributed by atoms with Gasteiger partial charge in [0, 0.05) is 6.20 Å². The molecule has 1 aromatic rings. The Morgan fingerprint density at radius 2 is 2.05 bits per heavy atom. The van der Waals surface area contributed by atoms with Gasteiger partial charge in [0.25, 0.3) is 5.91 Å². The summed E-state index contributed by atoms with van der Waals surface area (Å²) in [5.41, 5.74) is -1.98. The maximum absolute atomic E-state index is 12.4. The molecule has 1 N–H and O–H groups in total. The van der Waals surface area contributed by atoms with Crippen LogP contribution in [0.25, 0.3) is 0 Å². The zero-order valence-electron chi connectivity index (χ0n) is 10.9. The highest BCUT2D eigenvalue weighted by atomic mass is 32.2. The van der Waals surface area contributed by atoms with Crippen LogP contribution < -0.4 is 5.32 Å². The lowest BCUT2D eigenvalue weighted by Gasteiger charge is -2.31. The molecule has 2 rings (SSSR count). The summed E-state index contributed by atoms with van der Waals surface area (Å²) in [4.78, 5) is 15.3. The van der Waals surface area contributed by atoms with Crippen LogP contribution >= 0.6 is 11.8 Å². The maximum atomic E-state index is 12.4. The van der Waals surface area contributed by atoms with Gasteiger partial charge in [-0.3, -0.25) is 9.78 Å². The van der Waals surface area contributed by atoms with Gasteiger partial charge in [-0.1, -0.05) is 0 Å².